The Morgan fingerprint density at radius 3 is 2.61 bits per heavy atom. The number of carbonyl (C=O) groups is 3. The van der Waals surface area contributed by atoms with Gasteiger partial charge in [-0.3, -0.25) is 9.59 Å². The summed E-state index contributed by atoms with van der Waals surface area (Å²) in [5.41, 5.74) is 1.25. The molecule has 0 fully saturated rings. The van der Waals surface area contributed by atoms with Gasteiger partial charge in [0.15, 0.2) is 0 Å². The third-order valence-corrected chi connectivity index (χ3v) is 2.68. The molecule has 6 heteroatoms. The first-order chi connectivity index (χ1) is 8.56. The van der Waals surface area contributed by atoms with Crippen LogP contribution in [0.1, 0.15) is 15.9 Å². The van der Waals surface area contributed by atoms with E-state index >= 15 is 0 Å². The van der Waals surface area contributed by atoms with Crippen LogP contribution >= 0.6 is 0 Å². The van der Waals surface area contributed by atoms with Gasteiger partial charge in [-0.05, 0) is 17.7 Å². The Morgan fingerprint density at radius 1 is 1.28 bits per heavy atom. The normalized spacial score (nSPS) is 13.7. The Labute approximate surface area is 103 Å². The van der Waals surface area contributed by atoms with E-state index in [1.807, 2.05) is 0 Å². The number of benzene rings is 1. The minimum Gasteiger partial charge on any atom is -0.496 e. The van der Waals surface area contributed by atoms with Gasteiger partial charge in [0.05, 0.1) is 14.2 Å². The molecule has 1 amide bonds. The molecule has 0 spiro atoms. The molecule has 94 valence electrons. The molecule has 0 aromatic heterocycles. The van der Waals surface area contributed by atoms with Gasteiger partial charge in [-0.25, -0.2) is 4.79 Å². The van der Waals surface area contributed by atoms with Gasteiger partial charge >= 0.3 is 5.97 Å². The molecule has 1 heterocycles. The van der Waals surface area contributed by atoms with Crippen LogP contribution in [0.2, 0.25) is 0 Å². The van der Waals surface area contributed by atoms with E-state index in [9.17, 15) is 14.4 Å². The lowest BCUT2D eigenvalue weighted by Crippen LogP contribution is -2.30. The zero-order chi connectivity index (χ0) is 13.3. The summed E-state index contributed by atoms with van der Waals surface area (Å²) < 4.78 is 9.69. The zero-order valence-electron chi connectivity index (χ0n) is 9.90. The summed E-state index contributed by atoms with van der Waals surface area (Å²) in [7, 11) is 2.67. The van der Waals surface area contributed by atoms with E-state index in [1.54, 1.807) is 6.07 Å². The number of anilines is 1. The van der Waals surface area contributed by atoms with Gasteiger partial charge in [0, 0.05) is 12.1 Å². The van der Waals surface area contributed by atoms with Gasteiger partial charge in [0.25, 0.3) is 5.91 Å². The number of fused-ring (bicyclic) bond motifs is 1. The number of ether oxygens (including phenoxy) is 2. The zero-order valence-corrected chi connectivity index (χ0v) is 9.90. The quantitative estimate of drug-likeness (QED) is 0.611. The number of carbonyl (C=O) groups excluding carboxylic acids is 3. The summed E-state index contributed by atoms with van der Waals surface area (Å²) in [5, 5.41) is 2.43. The van der Waals surface area contributed by atoms with Crippen molar-refractivity contribution in [2.24, 2.45) is 0 Å². The maximum Gasteiger partial charge on any atom is 0.341 e. The minimum absolute atomic E-state index is 0.00101. The minimum atomic E-state index is -0.677. The van der Waals surface area contributed by atoms with Gasteiger partial charge in [0.1, 0.15) is 11.3 Å². The number of hydrogen-bond donors (Lipinski definition) is 1. The van der Waals surface area contributed by atoms with Crippen LogP contribution in [-0.2, 0) is 20.7 Å². The third kappa shape index (κ3) is 1.92. The highest BCUT2D eigenvalue weighted by Gasteiger charge is 2.26. The second-order valence-corrected chi connectivity index (χ2v) is 3.76. The summed E-state index contributed by atoms with van der Waals surface area (Å²) in [6, 6.07) is 3.00. The van der Waals surface area contributed by atoms with Crippen LogP contribution in [0.25, 0.3) is 0 Å². The molecule has 0 saturated heterocycles. The summed E-state index contributed by atoms with van der Waals surface area (Å²) in [6.45, 7) is 0. The Balaban J connectivity index is 2.53. The third-order valence-electron chi connectivity index (χ3n) is 2.68. The number of hydrogen-bond acceptors (Lipinski definition) is 5. The van der Waals surface area contributed by atoms with Crippen LogP contribution in [-0.4, -0.2) is 31.9 Å². The number of methoxy groups -OCH3 is 2. The molecule has 0 aliphatic carbocycles. The number of amides is 1. The molecule has 0 radical (unpaired) electrons. The van der Waals surface area contributed by atoms with Gasteiger partial charge in [0.2, 0.25) is 5.78 Å². The topological polar surface area (TPSA) is 81.7 Å². The highest BCUT2D eigenvalue weighted by molar-refractivity contribution is 6.42. The van der Waals surface area contributed by atoms with Crippen molar-refractivity contribution < 1.29 is 23.9 Å². The van der Waals surface area contributed by atoms with Crippen molar-refractivity contribution >= 4 is 23.3 Å². The molecule has 0 saturated carbocycles. The maximum absolute atomic E-state index is 11.5. The van der Waals surface area contributed by atoms with Crippen LogP contribution in [0.3, 0.4) is 0 Å². The first-order valence-corrected chi connectivity index (χ1v) is 5.20. The first kappa shape index (κ1) is 12.1. The Hall–Kier alpha value is -2.37. The Kier molecular flexibility index (Phi) is 3.01. The number of esters is 1. The van der Waals surface area contributed by atoms with Gasteiger partial charge < -0.3 is 14.8 Å². The second kappa shape index (κ2) is 4.48. The predicted molar refractivity (Wildman–Crippen MR) is 61.7 cm³/mol. The van der Waals surface area contributed by atoms with E-state index in [2.05, 4.69) is 10.1 Å². The standard InChI is InChI=1S/C12H11NO5/c1-17-10-4-6-3-9(14)11(15)13-8(6)5-7(10)12(16)18-2/h4-5H,3H2,1-2H3,(H,13,15). The van der Waals surface area contributed by atoms with E-state index in [4.69, 9.17) is 4.74 Å². The molecule has 18 heavy (non-hydrogen) atoms. The number of Topliss-reactive ketones (excluding diaryl/α,β-unsaturated/α-hetero) is 1. The van der Waals surface area contributed by atoms with Gasteiger partial charge in [-0.2, -0.15) is 0 Å². The molecular weight excluding hydrogens is 238 g/mol. The molecule has 0 bridgehead atoms. The number of rotatable bonds is 2. The lowest BCUT2D eigenvalue weighted by Gasteiger charge is -2.18. The van der Waals surface area contributed by atoms with E-state index in [0.717, 1.165) is 0 Å². The average Bonchev–Trinajstić information content (AvgIpc) is 2.38. The monoisotopic (exact) mass is 249 g/mol. The predicted octanol–water partition coefficient (Wildman–Crippen LogP) is 0.545. The van der Waals surface area contributed by atoms with Crippen molar-refractivity contribution in [1.82, 2.24) is 0 Å². The summed E-state index contributed by atoms with van der Waals surface area (Å²) >= 11 is 0. The Bertz CT molecular complexity index is 550. The van der Waals surface area contributed by atoms with E-state index in [1.165, 1.54) is 20.3 Å². The summed E-state index contributed by atoms with van der Waals surface area (Å²) in [4.78, 5) is 34.1. The lowest BCUT2D eigenvalue weighted by atomic mass is 9.99. The van der Waals surface area contributed by atoms with Gasteiger partial charge in [-0.1, -0.05) is 0 Å². The van der Waals surface area contributed by atoms with Gasteiger partial charge in [-0.15, -0.1) is 0 Å². The summed E-state index contributed by atoms with van der Waals surface area (Å²) in [6.07, 6.45) is -0.00101. The van der Waals surface area contributed by atoms with Crippen LogP contribution in [0.5, 0.6) is 5.75 Å². The van der Waals surface area contributed by atoms with Crippen molar-refractivity contribution in [3.05, 3.63) is 23.3 Å². The van der Waals surface area contributed by atoms with Crippen LogP contribution < -0.4 is 10.1 Å². The van der Waals surface area contributed by atoms with Crippen molar-refractivity contribution in [1.29, 1.82) is 0 Å². The molecule has 1 aliphatic rings. The Morgan fingerprint density at radius 2 is 2.00 bits per heavy atom. The molecule has 6 nitrogen and oxygen atoms in total. The molecule has 0 unspecified atom stereocenters. The molecule has 1 aliphatic heterocycles. The molecule has 1 N–H and O–H groups in total. The molecule has 0 atom stereocenters. The summed E-state index contributed by atoms with van der Waals surface area (Å²) in [5.74, 6) is -1.45. The van der Waals surface area contributed by atoms with Crippen LogP contribution in [0, 0.1) is 0 Å². The fourth-order valence-corrected chi connectivity index (χ4v) is 1.77. The first-order valence-electron chi connectivity index (χ1n) is 5.20. The fourth-order valence-electron chi connectivity index (χ4n) is 1.77. The van der Waals surface area contributed by atoms with Crippen LogP contribution in [0.15, 0.2) is 12.1 Å². The number of nitrogens with one attached hydrogen (secondary N) is 1. The number of ketones is 1. The molecular formula is C12H11NO5. The van der Waals surface area contributed by atoms with E-state index in [0.29, 0.717) is 17.0 Å². The second-order valence-electron chi connectivity index (χ2n) is 3.76. The van der Waals surface area contributed by atoms with E-state index < -0.39 is 17.7 Å². The smallest absolute Gasteiger partial charge is 0.341 e. The van der Waals surface area contributed by atoms with Crippen molar-refractivity contribution in [2.75, 3.05) is 19.5 Å². The van der Waals surface area contributed by atoms with Crippen molar-refractivity contribution in [2.45, 2.75) is 6.42 Å². The SMILES string of the molecule is COC(=O)c1cc2c(cc1OC)CC(=O)C(=O)N2. The maximum atomic E-state index is 11.5. The largest absolute Gasteiger partial charge is 0.496 e. The van der Waals surface area contributed by atoms with E-state index in [-0.39, 0.29) is 12.0 Å². The fraction of sp³-hybridized carbons (Fsp3) is 0.250. The average molecular weight is 249 g/mol. The highest BCUT2D eigenvalue weighted by atomic mass is 16.5. The van der Waals surface area contributed by atoms with Crippen molar-refractivity contribution in [3.63, 3.8) is 0 Å². The molecule has 1 aromatic rings. The van der Waals surface area contributed by atoms with Crippen LogP contribution in [0.4, 0.5) is 5.69 Å². The highest BCUT2D eigenvalue weighted by Crippen LogP contribution is 2.30. The molecule has 2 rings (SSSR count). The van der Waals surface area contributed by atoms with Crippen molar-refractivity contribution in [3.8, 4) is 5.75 Å². The molecule has 1 aromatic carbocycles. The lowest BCUT2D eigenvalue weighted by molar-refractivity contribution is -0.134.